The van der Waals surface area contributed by atoms with E-state index in [0.717, 1.165) is 22.5 Å². The Morgan fingerprint density at radius 2 is 1.86 bits per heavy atom. The maximum absolute atomic E-state index is 12.2. The molecule has 0 atom stereocenters. The van der Waals surface area contributed by atoms with Crippen LogP contribution in [0.3, 0.4) is 0 Å². The summed E-state index contributed by atoms with van der Waals surface area (Å²) < 4.78 is 11.7. The summed E-state index contributed by atoms with van der Waals surface area (Å²) in [6.45, 7) is 4.00. The smallest absolute Gasteiger partial charge is 0.337 e. The number of benzene rings is 1. The van der Waals surface area contributed by atoms with Gasteiger partial charge in [0.05, 0.1) is 12.7 Å². The topological polar surface area (TPSA) is 95.7 Å². The van der Waals surface area contributed by atoms with Crippen molar-refractivity contribution in [2.24, 2.45) is 0 Å². The Morgan fingerprint density at radius 3 is 2.52 bits per heavy atom. The molecule has 0 aliphatic carbocycles. The van der Waals surface area contributed by atoms with Gasteiger partial charge in [-0.1, -0.05) is 23.9 Å². The summed E-state index contributed by atoms with van der Waals surface area (Å²) in [4.78, 5) is 32.5. The summed E-state index contributed by atoms with van der Waals surface area (Å²) in [6.07, 6.45) is 2.66. The van der Waals surface area contributed by atoms with Crippen molar-refractivity contribution in [2.45, 2.75) is 38.5 Å². The van der Waals surface area contributed by atoms with E-state index in [9.17, 15) is 9.59 Å². The summed E-state index contributed by atoms with van der Waals surface area (Å²) in [5, 5.41) is 5.08. The van der Waals surface area contributed by atoms with Crippen LogP contribution in [0.1, 0.15) is 39.3 Å². The molecule has 2 heterocycles. The molecule has 0 saturated carbocycles. The predicted octanol–water partition coefficient (Wildman–Crippen LogP) is 2.93. The van der Waals surface area contributed by atoms with Crippen LogP contribution in [0.15, 0.2) is 29.4 Å². The third kappa shape index (κ3) is 4.73. The minimum Gasteiger partial charge on any atom is -0.465 e. The second kappa shape index (κ2) is 9.04. The molecule has 0 spiro atoms. The lowest BCUT2D eigenvalue weighted by Gasteiger charge is -2.10. The normalized spacial score (nSPS) is 10.9. The lowest BCUT2D eigenvalue weighted by Crippen LogP contribution is -2.10. The van der Waals surface area contributed by atoms with Gasteiger partial charge in [-0.25, -0.2) is 14.3 Å². The molecule has 3 aromatic rings. The number of aromatic nitrogens is 4. The van der Waals surface area contributed by atoms with E-state index in [0.29, 0.717) is 22.9 Å². The van der Waals surface area contributed by atoms with Gasteiger partial charge >= 0.3 is 11.9 Å². The summed E-state index contributed by atoms with van der Waals surface area (Å²) in [7, 11) is 1.33. The van der Waals surface area contributed by atoms with Gasteiger partial charge in [-0.2, -0.15) is 4.98 Å². The lowest BCUT2D eigenvalue weighted by molar-refractivity contribution is -0.144. The number of nitrogens with zero attached hydrogens (tertiary/aromatic N) is 4. The molecular weight excluding hydrogens is 392 g/mol. The number of esters is 2. The first kappa shape index (κ1) is 20.8. The number of methoxy groups -OCH3 is 1. The van der Waals surface area contributed by atoms with Crippen molar-refractivity contribution in [1.82, 2.24) is 19.6 Å². The highest BCUT2D eigenvalue weighted by Crippen LogP contribution is 2.18. The molecule has 2 aromatic heterocycles. The number of rotatable bonds is 7. The van der Waals surface area contributed by atoms with Gasteiger partial charge in [-0.15, -0.1) is 5.10 Å². The van der Waals surface area contributed by atoms with Crippen LogP contribution in [0, 0.1) is 13.8 Å². The number of aryl methyl sites for hydroxylation is 2. The zero-order chi connectivity index (χ0) is 21.0. The number of hydrogen-bond donors (Lipinski definition) is 0. The molecule has 0 bridgehead atoms. The third-order valence-electron chi connectivity index (χ3n) is 4.57. The minimum absolute atomic E-state index is 0.149. The van der Waals surface area contributed by atoms with Crippen molar-refractivity contribution in [3.8, 4) is 0 Å². The molecule has 0 aliphatic heterocycles. The Balaban J connectivity index is 1.60. The van der Waals surface area contributed by atoms with E-state index in [4.69, 9.17) is 4.74 Å². The molecule has 0 saturated heterocycles. The van der Waals surface area contributed by atoms with E-state index in [1.165, 1.54) is 18.9 Å². The van der Waals surface area contributed by atoms with Gasteiger partial charge in [0.15, 0.2) is 0 Å². The first-order valence-electron chi connectivity index (χ1n) is 9.02. The van der Waals surface area contributed by atoms with Gasteiger partial charge in [0, 0.05) is 17.8 Å². The first-order chi connectivity index (χ1) is 13.9. The minimum atomic E-state index is -0.401. The van der Waals surface area contributed by atoms with Crippen LogP contribution in [0.5, 0.6) is 0 Å². The van der Waals surface area contributed by atoms with Crippen LogP contribution in [0.25, 0.3) is 5.78 Å². The first-order valence-corrected chi connectivity index (χ1v) is 10.2. The predicted molar refractivity (Wildman–Crippen MR) is 108 cm³/mol. The van der Waals surface area contributed by atoms with Gasteiger partial charge in [-0.3, -0.25) is 4.79 Å². The molecule has 0 radical (unpaired) electrons. The van der Waals surface area contributed by atoms with E-state index in [1.807, 2.05) is 20.1 Å². The number of thioether (sulfide) groups is 1. The molecule has 0 N–H and O–H groups in total. The number of fused-ring (bicyclic) bond motifs is 1. The van der Waals surface area contributed by atoms with Crippen LogP contribution < -0.4 is 0 Å². The molecule has 1 aromatic carbocycles. The highest BCUT2D eigenvalue weighted by molar-refractivity contribution is 7.98. The summed E-state index contributed by atoms with van der Waals surface area (Å²) in [6, 6.07) is 6.76. The van der Waals surface area contributed by atoms with Gasteiger partial charge < -0.3 is 9.47 Å². The molecule has 152 valence electrons. The average Bonchev–Trinajstić information content (AvgIpc) is 3.15. The van der Waals surface area contributed by atoms with Crippen molar-refractivity contribution in [3.05, 3.63) is 52.3 Å². The van der Waals surface area contributed by atoms with Crippen LogP contribution in [0.4, 0.5) is 0 Å². The zero-order valence-electron chi connectivity index (χ0n) is 16.8. The van der Waals surface area contributed by atoms with Crippen molar-refractivity contribution >= 4 is 29.5 Å². The van der Waals surface area contributed by atoms with E-state index in [-0.39, 0.29) is 19.0 Å². The van der Waals surface area contributed by atoms with E-state index < -0.39 is 5.97 Å². The van der Waals surface area contributed by atoms with Gasteiger partial charge in [0.1, 0.15) is 6.61 Å². The largest absolute Gasteiger partial charge is 0.465 e. The fraction of sp³-hybridized carbons (Fsp3) is 0.350. The van der Waals surface area contributed by atoms with Gasteiger partial charge in [-0.05, 0) is 49.8 Å². The molecule has 9 heteroatoms. The van der Waals surface area contributed by atoms with Crippen LogP contribution in [-0.2, 0) is 27.3 Å². The van der Waals surface area contributed by atoms with Crippen molar-refractivity contribution in [1.29, 1.82) is 0 Å². The Morgan fingerprint density at radius 1 is 1.14 bits per heavy atom. The summed E-state index contributed by atoms with van der Waals surface area (Å²) >= 11 is 1.46. The molecule has 0 amide bonds. The Kier molecular flexibility index (Phi) is 6.48. The van der Waals surface area contributed by atoms with Gasteiger partial charge in [0.2, 0.25) is 5.16 Å². The number of carbonyl (C=O) groups is 2. The Labute approximate surface area is 172 Å². The van der Waals surface area contributed by atoms with Crippen LogP contribution in [0.2, 0.25) is 0 Å². The summed E-state index contributed by atoms with van der Waals surface area (Å²) in [5.41, 5.74) is 3.98. The molecular formula is C20H22N4O4S. The maximum Gasteiger partial charge on any atom is 0.337 e. The number of hydrogen-bond acceptors (Lipinski definition) is 8. The molecule has 0 aliphatic rings. The zero-order valence-corrected chi connectivity index (χ0v) is 17.6. The van der Waals surface area contributed by atoms with E-state index in [1.54, 1.807) is 28.8 Å². The standard InChI is InChI=1S/C20H22N4O4S/c1-12-16(13(2)24-19(21-12)22-20(23-24)29-4)9-10-17(25)28-11-14-5-7-15(8-6-14)18(26)27-3/h5-8H,9-11H2,1-4H3. The molecule has 0 fully saturated rings. The summed E-state index contributed by atoms with van der Waals surface area (Å²) in [5.74, 6) is -0.141. The average molecular weight is 414 g/mol. The highest BCUT2D eigenvalue weighted by Gasteiger charge is 2.15. The Bertz CT molecular complexity index is 1050. The van der Waals surface area contributed by atoms with Crippen molar-refractivity contribution < 1.29 is 19.1 Å². The molecule has 29 heavy (non-hydrogen) atoms. The second-order valence-corrected chi connectivity index (χ2v) is 7.19. The van der Waals surface area contributed by atoms with Crippen molar-refractivity contribution in [3.63, 3.8) is 0 Å². The van der Waals surface area contributed by atoms with Crippen LogP contribution >= 0.6 is 11.8 Å². The highest BCUT2D eigenvalue weighted by atomic mass is 32.2. The third-order valence-corrected chi connectivity index (χ3v) is 5.10. The monoisotopic (exact) mass is 414 g/mol. The molecule has 0 unspecified atom stereocenters. The van der Waals surface area contributed by atoms with Crippen LogP contribution in [-0.4, -0.2) is 44.9 Å². The Hall–Kier alpha value is -2.94. The quantitative estimate of drug-likeness (QED) is 0.430. The molecule has 3 rings (SSSR count). The van der Waals surface area contributed by atoms with Gasteiger partial charge in [0.25, 0.3) is 5.78 Å². The molecule has 8 nitrogen and oxygen atoms in total. The maximum atomic E-state index is 12.2. The fourth-order valence-electron chi connectivity index (χ4n) is 2.96. The second-order valence-electron chi connectivity index (χ2n) is 6.42. The fourth-order valence-corrected chi connectivity index (χ4v) is 3.29. The SMILES string of the molecule is COC(=O)c1ccc(COC(=O)CCc2c(C)nc3nc(SC)nn3c2C)cc1. The van der Waals surface area contributed by atoms with E-state index >= 15 is 0 Å². The van der Waals surface area contributed by atoms with E-state index in [2.05, 4.69) is 19.8 Å². The number of carbonyl (C=O) groups excluding carboxylic acids is 2. The lowest BCUT2D eigenvalue weighted by atomic mass is 10.1. The van der Waals surface area contributed by atoms with Crippen molar-refractivity contribution in [2.75, 3.05) is 13.4 Å². The number of ether oxygens (including phenoxy) is 2.